The molecule has 1 heterocycles. The van der Waals surface area contributed by atoms with Crippen LogP contribution < -0.4 is 4.72 Å². The summed E-state index contributed by atoms with van der Waals surface area (Å²) in [5, 5.41) is 0. The average molecular weight is 335 g/mol. The second-order valence-electron chi connectivity index (χ2n) is 5.45. The number of fused-ring (bicyclic) bond motifs is 1. The van der Waals surface area contributed by atoms with Gasteiger partial charge in [-0.05, 0) is 26.0 Å². The number of carbonyl (C=O) groups is 1. The molecule has 1 aromatic carbocycles. The van der Waals surface area contributed by atoms with Crippen molar-refractivity contribution in [2.45, 2.75) is 25.2 Å². The van der Waals surface area contributed by atoms with Crippen LogP contribution in [0.15, 0.2) is 46.3 Å². The molecule has 1 aliphatic rings. The summed E-state index contributed by atoms with van der Waals surface area (Å²) in [5.41, 5.74) is 1.47. The normalized spacial score (nSPS) is 16.7. The van der Waals surface area contributed by atoms with Crippen LogP contribution in [-0.2, 0) is 14.8 Å². The molecule has 0 aromatic heterocycles. The van der Waals surface area contributed by atoms with Gasteiger partial charge < -0.3 is 4.90 Å². The maximum Gasteiger partial charge on any atom is 0.263 e. The predicted octanol–water partition coefficient (Wildman–Crippen LogP) is 1.54. The Bertz CT molecular complexity index is 754. The first-order valence-corrected chi connectivity index (χ1v) is 8.92. The Hall–Kier alpha value is -2.15. The van der Waals surface area contributed by atoms with Gasteiger partial charge in [-0.1, -0.05) is 24.3 Å². The molecule has 23 heavy (non-hydrogen) atoms. The van der Waals surface area contributed by atoms with Gasteiger partial charge in [-0.25, -0.2) is 8.42 Å². The Kier molecular flexibility index (Phi) is 5.20. The number of benzene rings is 1. The van der Waals surface area contributed by atoms with Crippen molar-refractivity contribution >= 4 is 21.8 Å². The Morgan fingerprint density at radius 2 is 2.04 bits per heavy atom. The van der Waals surface area contributed by atoms with Crippen LogP contribution in [-0.4, -0.2) is 44.7 Å². The molecule has 2 rings (SSSR count). The summed E-state index contributed by atoms with van der Waals surface area (Å²) in [4.78, 5) is 18.3. The number of rotatable bonds is 6. The second kappa shape index (κ2) is 6.95. The largest absolute Gasteiger partial charge is 0.339 e. The van der Waals surface area contributed by atoms with E-state index >= 15 is 0 Å². The van der Waals surface area contributed by atoms with Crippen molar-refractivity contribution in [2.24, 2.45) is 4.99 Å². The molecule has 1 aromatic rings. The molecule has 0 bridgehead atoms. The summed E-state index contributed by atoms with van der Waals surface area (Å²) < 4.78 is 26.3. The lowest BCUT2D eigenvalue weighted by molar-refractivity contribution is -0.130. The van der Waals surface area contributed by atoms with E-state index in [9.17, 15) is 13.2 Å². The molecule has 0 saturated heterocycles. The zero-order chi connectivity index (χ0) is 17.0. The lowest BCUT2D eigenvalue weighted by atomic mass is 10.2. The van der Waals surface area contributed by atoms with Crippen molar-refractivity contribution in [3.8, 4) is 0 Å². The number of nitrogens with one attached hydrogen (secondary N) is 1. The van der Waals surface area contributed by atoms with Crippen LogP contribution in [0.3, 0.4) is 0 Å². The lowest BCUT2D eigenvalue weighted by Crippen LogP contribution is -2.32. The van der Waals surface area contributed by atoms with Gasteiger partial charge in [0.05, 0.1) is 11.4 Å². The van der Waals surface area contributed by atoms with Gasteiger partial charge in [0.15, 0.2) is 0 Å². The van der Waals surface area contributed by atoms with E-state index in [0.717, 1.165) is 5.57 Å². The Morgan fingerprint density at radius 1 is 1.35 bits per heavy atom. The van der Waals surface area contributed by atoms with Gasteiger partial charge >= 0.3 is 0 Å². The van der Waals surface area contributed by atoms with Crippen LogP contribution in [0.4, 0.5) is 0 Å². The van der Waals surface area contributed by atoms with Crippen LogP contribution >= 0.6 is 0 Å². The van der Waals surface area contributed by atoms with E-state index in [2.05, 4.69) is 16.3 Å². The number of nitrogens with zero attached hydrogens (tertiary/aromatic N) is 2. The number of amides is 1. The standard InChI is InChI=1S/C16H21N3O3S/c1-4-19(11-12(2)3)15(20)9-10-17-16-13-7-5-6-8-14(13)23(21,22)18-16/h5-8H,2,4,9-11H2,1,3H3,(H,17,18). The number of carbonyl (C=O) groups excluding carboxylic acids is 1. The highest BCUT2D eigenvalue weighted by Gasteiger charge is 2.29. The molecule has 124 valence electrons. The fourth-order valence-electron chi connectivity index (χ4n) is 2.37. The van der Waals surface area contributed by atoms with Crippen LogP contribution in [0.5, 0.6) is 0 Å². The van der Waals surface area contributed by atoms with Crippen LogP contribution in [0.25, 0.3) is 0 Å². The van der Waals surface area contributed by atoms with Crippen molar-refractivity contribution in [3.05, 3.63) is 42.0 Å². The van der Waals surface area contributed by atoms with Gasteiger partial charge in [-0.2, -0.15) is 0 Å². The first-order chi connectivity index (χ1) is 10.8. The van der Waals surface area contributed by atoms with Gasteiger partial charge in [0.25, 0.3) is 10.0 Å². The molecule has 0 aliphatic carbocycles. The van der Waals surface area contributed by atoms with Crippen molar-refractivity contribution in [1.82, 2.24) is 9.62 Å². The quantitative estimate of drug-likeness (QED) is 0.801. The molecule has 0 saturated carbocycles. The Labute approximate surface area is 137 Å². The molecule has 0 unspecified atom stereocenters. The zero-order valence-electron chi connectivity index (χ0n) is 13.4. The third-order valence-corrected chi connectivity index (χ3v) is 4.85. The molecular formula is C16H21N3O3S. The minimum Gasteiger partial charge on any atom is -0.339 e. The fourth-order valence-corrected chi connectivity index (χ4v) is 3.63. The number of hydrogen-bond donors (Lipinski definition) is 1. The van der Waals surface area contributed by atoms with Crippen molar-refractivity contribution < 1.29 is 13.2 Å². The predicted molar refractivity (Wildman–Crippen MR) is 89.9 cm³/mol. The second-order valence-corrected chi connectivity index (χ2v) is 7.10. The van der Waals surface area contributed by atoms with Crippen molar-refractivity contribution in [3.63, 3.8) is 0 Å². The van der Waals surface area contributed by atoms with Crippen LogP contribution in [0.1, 0.15) is 25.8 Å². The van der Waals surface area contributed by atoms with E-state index in [1.165, 1.54) is 6.07 Å². The van der Waals surface area contributed by atoms with Crippen molar-refractivity contribution in [1.29, 1.82) is 0 Å². The molecule has 7 heteroatoms. The minimum atomic E-state index is -3.53. The summed E-state index contributed by atoms with van der Waals surface area (Å²) in [5.74, 6) is 0.283. The average Bonchev–Trinajstić information content (AvgIpc) is 2.76. The van der Waals surface area contributed by atoms with Crippen LogP contribution in [0.2, 0.25) is 0 Å². The summed E-state index contributed by atoms with van der Waals surface area (Å²) in [6.07, 6.45) is 0.231. The minimum absolute atomic E-state index is 0.0195. The van der Waals surface area contributed by atoms with Gasteiger partial charge in [0.1, 0.15) is 5.84 Å². The first kappa shape index (κ1) is 17.2. The topological polar surface area (TPSA) is 78.8 Å². The summed E-state index contributed by atoms with van der Waals surface area (Å²) in [6.45, 7) is 8.97. The Balaban J connectivity index is 2.05. The number of sulfonamides is 1. The van der Waals surface area contributed by atoms with Crippen LogP contribution in [0, 0.1) is 0 Å². The number of amidine groups is 1. The van der Waals surface area contributed by atoms with E-state index in [1.807, 2.05) is 13.8 Å². The van der Waals surface area contributed by atoms with Crippen molar-refractivity contribution in [2.75, 3.05) is 19.6 Å². The number of aliphatic imine (C=N–C) groups is 1. The van der Waals surface area contributed by atoms with Gasteiger partial charge in [-0.15, -0.1) is 0 Å². The monoisotopic (exact) mass is 335 g/mol. The smallest absolute Gasteiger partial charge is 0.263 e. The van der Waals surface area contributed by atoms with E-state index < -0.39 is 10.0 Å². The van der Waals surface area contributed by atoms with Gasteiger partial charge in [-0.3, -0.25) is 14.5 Å². The summed E-state index contributed by atoms with van der Waals surface area (Å²) in [7, 11) is -3.53. The SMILES string of the molecule is C=C(C)CN(CC)C(=O)CCN=C1NS(=O)(=O)c2ccccc21. The Morgan fingerprint density at radius 3 is 2.70 bits per heavy atom. The molecule has 1 N–H and O–H groups in total. The van der Waals surface area contributed by atoms with E-state index in [4.69, 9.17) is 0 Å². The number of likely N-dealkylation sites (N-methyl/N-ethyl adjacent to an activating group) is 1. The third-order valence-electron chi connectivity index (χ3n) is 3.45. The highest BCUT2D eigenvalue weighted by Crippen LogP contribution is 2.22. The molecule has 6 nitrogen and oxygen atoms in total. The summed E-state index contributed by atoms with van der Waals surface area (Å²) >= 11 is 0. The van der Waals surface area contributed by atoms with E-state index in [1.54, 1.807) is 23.1 Å². The van der Waals surface area contributed by atoms with E-state index in [0.29, 0.717) is 24.5 Å². The molecule has 0 radical (unpaired) electrons. The first-order valence-electron chi connectivity index (χ1n) is 7.44. The van der Waals surface area contributed by atoms with Gasteiger partial charge in [0.2, 0.25) is 5.91 Å². The van der Waals surface area contributed by atoms with E-state index in [-0.39, 0.29) is 23.8 Å². The molecule has 1 amide bonds. The third kappa shape index (κ3) is 3.98. The molecule has 0 fully saturated rings. The summed E-state index contributed by atoms with van der Waals surface area (Å²) in [6, 6.07) is 6.67. The zero-order valence-corrected chi connectivity index (χ0v) is 14.2. The maximum absolute atomic E-state index is 12.1. The molecule has 0 atom stereocenters. The molecule has 0 spiro atoms. The number of hydrogen-bond acceptors (Lipinski definition) is 4. The molecular weight excluding hydrogens is 314 g/mol. The fraction of sp³-hybridized carbons (Fsp3) is 0.375. The molecule has 1 aliphatic heterocycles. The maximum atomic E-state index is 12.1. The lowest BCUT2D eigenvalue weighted by Gasteiger charge is -2.20. The highest BCUT2D eigenvalue weighted by atomic mass is 32.2. The highest BCUT2D eigenvalue weighted by molar-refractivity contribution is 7.90. The van der Waals surface area contributed by atoms with Gasteiger partial charge in [0, 0.05) is 25.1 Å².